The molecule has 0 bridgehead atoms. The fourth-order valence-electron chi connectivity index (χ4n) is 1.05. The summed E-state index contributed by atoms with van der Waals surface area (Å²) in [6.07, 6.45) is 7.12. The third kappa shape index (κ3) is 3.10. The molecule has 0 fully saturated rings. The molecule has 1 atom stereocenters. The maximum absolute atomic E-state index is 9.48. The number of nitrogens with zero attached hydrogens (tertiary/aromatic N) is 2. The SMILES string of the molecule is CCCC(O)n1cc[n+](C)c1.[I-]. The molecule has 1 unspecified atom stereocenters. The lowest BCUT2D eigenvalue weighted by molar-refractivity contribution is -0.671. The molecule has 0 radical (unpaired) electrons. The minimum absolute atomic E-state index is 0. The third-order valence-electron chi connectivity index (χ3n) is 1.68. The number of aromatic nitrogens is 2. The zero-order valence-electron chi connectivity index (χ0n) is 7.44. The van der Waals surface area contributed by atoms with Gasteiger partial charge in [-0.05, 0) is 6.42 Å². The molecule has 1 aromatic rings. The minimum Gasteiger partial charge on any atom is -1.00 e. The van der Waals surface area contributed by atoms with E-state index in [4.69, 9.17) is 0 Å². The smallest absolute Gasteiger partial charge is 0.245 e. The highest BCUT2D eigenvalue weighted by Gasteiger charge is 2.09. The second-order valence-corrected chi connectivity index (χ2v) is 2.80. The molecule has 1 heterocycles. The standard InChI is InChI=1S/C8H15N2O.HI/c1-3-4-8(11)10-6-5-9(2)7-10;/h5-8,11H,3-4H2,1-2H3;1H/q+1;/p-1. The average Bonchev–Trinajstić information content (AvgIpc) is 2.36. The van der Waals surface area contributed by atoms with Crippen LogP contribution in [0.5, 0.6) is 0 Å². The van der Waals surface area contributed by atoms with Gasteiger partial charge in [0.25, 0.3) is 0 Å². The number of hydrogen-bond acceptors (Lipinski definition) is 1. The second kappa shape index (κ2) is 5.53. The molecule has 0 aromatic carbocycles. The zero-order valence-corrected chi connectivity index (χ0v) is 9.60. The van der Waals surface area contributed by atoms with E-state index >= 15 is 0 Å². The Hall–Kier alpha value is -0.100. The Morgan fingerprint density at radius 1 is 1.58 bits per heavy atom. The highest BCUT2D eigenvalue weighted by molar-refractivity contribution is 4.68. The van der Waals surface area contributed by atoms with E-state index in [2.05, 4.69) is 6.92 Å². The van der Waals surface area contributed by atoms with E-state index < -0.39 is 0 Å². The largest absolute Gasteiger partial charge is 1.00 e. The highest BCUT2D eigenvalue weighted by atomic mass is 127. The lowest BCUT2D eigenvalue weighted by atomic mass is 10.3. The van der Waals surface area contributed by atoms with E-state index in [1.54, 1.807) is 0 Å². The van der Waals surface area contributed by atoms with Gasteiger partial charge in [0.15, 0.2) is 6.23 Å². The predicted octanol–water partition coefficient (Wildman–Crippen LogP) is -2.39. The quantitative estimate of drug-likeness (QED) is 0.486. The minimum atomic E-state index is -0.360. The van der Waals surface area contributed by atoms with E-state index in [9.17, 15) is 5.11 Å². The molecule has 0 spiro atoms. The molecule has 70 valence electrons. The molecular formula is C8H15IN2O. The molecule has 12 heavy (non-hydrogen) atoms. The first-order valence-electron chi connectivity index (χ1n) is 3.95. The van der Waals surface area contributed by atoms with Crippen LogP contribution < -0.4 is 28.5 Å². The Kier molecular flexibility index (Phi) is 5.48. The van der Waals surface area contributed by atoms with Gasteiger partial charge in [0.1, 0.15) is 12.4 Å². The van der Waals surface area contributed by atoms with Gasteiger partial charge < -0.3 is 29.1 Å². The number of hydrogen-bond donors (Lipinski definition) is 1. The van der Waals surface area contributed by atoms with Crippen LogP contribution in [0.25, 0.3) is 0 Å². The summed E-state index contributed by atoms with van der Waals surface area (Å²) in [5.41, 5.74) is 0. The second-order valence-electron chi connectivity index (χ2n) is 2.80. The van der Waals surface area contributed by atoms with Crippen molar-refractivity contribution in [3.63, 3.8) is 0 Å². The van der Waals surface area contributed by atoms with Crippen LogP contribution in [-0.4, -0.2) is 9.67 Å². The summed E-state index contributed by atoms with van der Waals surface area (Å²) in [5, 5.41) is 9.48. The van der Waals surface area contributed by atoms with Gasteiger partial charge in [0.05, 0.1) is 7.05 Å². The molecule has 0 saturated heterocycles. The summed E-state index contributed by atoms with van der Waals surface area (Å²) in [6, 6.07) is 0. The molecule has 0 aliphatic carbocycles. The van der Waals surface area contributed by atoms with Crippen molar-refractivity contribution in [3.05, 3.63) is 18.7 Å². The number of halogens is 1. The predicted molar refractivity (Wildman–Crippen MR) is 41.8 cm³/mol. The van der Waals surface area contributed by atoms with Crippen LogP contribution in [-0.2, 0) is 7.05 Å². The van der Waals surface area contributed by atoms with E-state index in [0.29, 0.717) is 0 Å². The van der Waals surface area contributed by atoms with Crippen molar-refractivity contribution in [2.24, 2.45) is 7.05 Å². The van der Waals surface area contributed by atoms with Crippen LogP contribution in [0, 0.1) is 0 Å². The maximum atomic E-state index is 9.48. The van der Waals surface area contributed by atoms with Gasteiger partial charge in [0, 0.05) is 6.42 Å². The third-order valence-corrected chi connectivity index (χ3v) is 1.68. The van der Waals surface area contributed by atoms with Crippen molar-refractivity contribution in [3.8, 4) is 0 Å². The first-order chi connectivity index (χ1) is 5.24. The Balaban J connectivity index is 0.00000121. The van der Waals surface area contributed by atoms with Crippen molar-refractivity contribution < 1.29 is 33.7 Å². The van der Waals surface area contributed by atoms with E-state index in [-0.39, 0.29) is 30.2 Å². The summed E-state index contributed by atoms with van der Waals surface area (Å²) in [7, 11) is 1.94. The van der Waals surface area contributed by atoms with Gasteiger partial charge in [-0.3, -0.25) is 0 Å². The Morgan fingerprint density at radius 3 is 2.67 bits per heavy atom. The number of imidazole rings is 1. The van der Waals surface area contributed by atoms with Gasteiger partial charge >= 0.3 is 0 Å². The molecular weight excluding hydrogens is 267 g/mol. The zero-order chi connectivity index (χ0) is 8.27. The van der Waals surface area contributed by atoms with E-state index in [1.807, 2.05) is 34.9 Å². The lowest BCUT2D eigenvalue weighted by Crippen LogP contribution is -3.00. The van der Waals surface area contributed by atoms with E-state index in [0.717, 1.165) is 12.8 Å². The Labute approximate surface area is 90.0 Å². The number of rotatable bonds is 3. The van der Waals surface area contributed by atoms with Crippen LogP contribution in [0.3, 0.4) is 0 Å². The first-order valence-corrected chi connectivity index (χ1v) is 3.95. The van der Waals surface area contributed by atoms with Gasteiger partial charge in [-0.2, -0.15) is 0 Å². The van der Waals surface area contributed by atoms with Crippen LogP contribution in [0.15, 0.2) is 18.7 Å². The topological polar surface area (TPSA) is 29.0 Å². The van der Waals surface area contributed by atoms with Crippen LogP contribution in [0.2, 0.25) is 0 Å². The molecule has 0 aliphatic rings. The van der Waals surface area contributed by atoms with Crippen molar-refractivity contribution >= 4 is 0 Å². The molecule has 0 amide bonds. The lowest BCUT2D eigenvalue weighted by Gasteiger charge is -2.02. The Morgan fingerprint density at radius 2 is 2.25 bits per heavy atom. The molecule has 1 aromatic heterocycles. The van der Waals surface area contributed by atoms with Gasteiger partial charge in [-0.25, -0.2) is 9.13 Å². The number of aliphatic hydroxyl groups excluding tert-OH is 1. The molecule has 0 saturated carbocycles. The number of aliphatic hydroxyl groups is 1. The highest BCUT2D eigenvalue weighted by Crippen LogP contribution is 2.07. The summed E-state index contributed by atoms with van der Waals surface area (Å²) < 4.78 is 3.72. The molecule has 3 nitrogen and oxygen atoms in total. The van der Waals surface area contributed by atoms with E-state index in [1.165, 1.54) is 0 Å². The molecule has 1 N–H and O–H groups in total. The summed E-state index contributed by atoms with van der Waals surface area (Å²) in [5.74, 6) is 0. The van der Waals surface area contributed by atoms with Crippen LogP contribution in [0.4, 0.5) is 0 Å². The van der Waals surface area contributed by atoms with Crippen LogP contribution >= 0.6 is 0 Å². The van der Waals surface area contributed by atoms with Gasteiger partial charge in [-0.1, -0.05) is 6.92 Å². The summed E-state index contributed by atoms with van der Waals surface area (Å²) in [6.45, 7) is 2.06. The monoisotopic (exact) mass is 282 g/mol. The maximum Gasteiger partial charge on any atom is 0.245 e. The fourth-order valence-corrected chi connectivity index (χ4v) is 1.05. The van der Waals surface area contributed by atoms with Crippen LogP contribution in [0.1, 0.15) is 26.0 Å². The summed E-state index contributed by atoms with van der Waals surface area (Å²) in [4.78, 5) is 0. The van der Waals surface area contributed by atoms with Crippen molar-refractivity contribution in [2.75, 3.05) is 0 Å². The molecule has 0 aliphatic heterocycles. The first kappa shape index (κ1) is 11.9. The van der Waals surface area contributed by atoms with Gasteiger partial charge in [-0.15, -0.1) is 0 Å². The average molecular weight is 282 g/mol. The normalized spacial score (nSPS) is 12.2. The van der Waals surface area contributed by atoms with Gasteiger partial charge in [0.2, 0.25) is 6.33 Å². The van der Waals surface area contributed by atoms with Crippen molar-refractivity contribution in [1.82, 2.24) is 4.57 Å². The van der Waals surface area contributed by atoms with Crippen molar-refractivity contribution in [1.29, 1.82) is 0 Å². The summed E-state index contributed by atoms with van der Waals surface area (Å²) >= 11 is 0. The Bertz CT molecular complexity index is 225. The van der Waals surface area contributed by atoms with Crippen molar-refractivity contribution in [2.45, 2.75) is 26.0 Å². The number of aryl methyl sites for hydroxylation is 1. The molecule has 4 heteroatoms. The molecule has 1 rings (SSSR count). The fraction of sp³-hybridized carbons (Fsp3) is 0.625.